The van der Waals surface area contributed by atoms with Crippen LogP contribution in [0.2, 0.25) is 5.04 Å². The fourth-order valence-electron chi connectivity index (χ4n) is 5.40. The normalized spacial score (nSPS) is 16.2. The lowest BCUT2D eigenvalue weighted by molar-refractivity contribution is 0.282. The average Bonchev–Trinajstić information content (AvgIpc) is 3.18. The van der Waals surface area contributed by atoms with Gasteiger partial charge in [0.25, 0.3) is 8.32 Å². The van der Waals surface area contributed by atoms with E-state index in [0.717, 1.165) is 18.9 Å². The van der Waals surface area contributed by atoms with Crippen LogP contribution in [-0.2, 0) is 17.3 Å². The molecule has 3 aromatic rings. The molecule has 0 bridgehead atoms. The molecule has 1 unspecified atom stereocenters. The summed E-state index contributed by atoms with van der Waals surface area (Å²) in [5.74, 6) is 0.784. The summed E-state index contributed by atoms with van der Waals surface area (Å²) in [6.07, 6.45) is 6.11. The van der Waals surface area contributed by atoms with Crippen molar-refractivity contribution < 1.29 is 4.43 Å². The van der Waals surface area contributed by atoms with Crippen molar-refractivity contribution in [3.05, 3.63) is 94.5 Å². The molecule has 0 saturated heterocycles. The smallest absolute Gasteiger partial charge is 0.261 e. The number of halogens is 1. The lowest BCUT2D eigenvalue weighted by atomic mass is 9.99. The number of hydrogen-bond donors (Lipinski definition) is 0. The minimum absolute atomic E-state index is 0.0518. The lowest BCUT2D eigenvalue weighted by Gasteiger charge is -2.43. The van der Waals surface area contributed by atoms with Crippen LogP contribution in [0.1, 0.15) is 51.2 Å². The minimum atomic E-state index is -2.39. The molecule has 0 saturated carbocycles. The summed E-state index contributed by atoms with van der Waals surface area (Å²) < 4.78 is 8.25. The second-order valence-electron chi connectivity index (χ2n) is 10.2. The Morgan fingerprint density at radius 2 is 1.41 bits per heavy atom. The maximum absolute atomic E-state index is 7.04. The largest absolute Gasteiger partial charge is 0.407 e. The van der Waals surface area contributed by atoms with E-state index in [-0.39, 0.29) is 5.04 Å². The van der Waals surface area contributed by atoms with Crippen molar-refractivity contribution >= 4 is 34.6 Å². The third-order valence-electron chi connectivity index (χ3n) is 6.93. The van der Waals surface area contributed by atoms with Crippen molar-refractivity contribution in [2.24, 2.45) is 5.92 Å². The molecular formula is C29H35BrOSi. The molecule has 32 heavy (non-hydrogen) atoms. The number of unbranched alkanes of at least 4 members (excludes halogenated alkanes) is 1. The van der Waals surface area contributed by atoms with Gasteiger partial charge in [0.1, 0.15) is 0 Å². The number of hydrogen-bond acceptors (Lipinski definition) is 1. The first-order chi connectivity index (χ1) is 15.4. The molecule has 3 heteroatoms. The summed E-state index contributed by atoms with van der Waals surface area (Å²) in [4.78, 5) is 0. The molecule has 0 radical (unpaired) electrons. The lowest BCUT2D eigenvalue weighted by Crippen LogP contribution is -2.66. The Kier molecular flexibility index (Phi) is 7.39. The Bertz CT molecular complexity index is 971. The van der Waals surface area contributed by atoms with Crippen LogP contribution in [0.5, 0.6) is 0 Å². The molecule has 4 rings (SSSR count). The van der Waals surface area contributed by atoms with E-state index in [1.54, 1.807) is 5.56 Å². The highest BCUT2D eigenvalue weighted by Gasteiger charge is 2.49. The van der Waals surface area contributed by atoms with Gasteiger partial charge >= 0.3 is 0 Å². The van der Waals surface area contributed by atoms with E-state index in [9.17, 15) is 0 Å². The molecule has 168 valence electrons. The van der Waals surface area contributed by atoms with Crippen LogP contribution in [0, 0.1) is 5.92 Å². The van der Waals surface area contributed by atoms with E-state index in [1.165, 1.54) is 46.1 Å². The molecule has 1 aliphatic rings. The highest BCUT2D eigenvalue weighted by atomic mass is 79.9. The van der Waals surface area contributed by atoms with Crippen molar-refractivity contribution in [3.8, 4) is 0 Å². The maximum atomic E-state index is 7.04. The molecule has 0 amide bonds. The SMILES string of the molecule is CC(C)(C)[Si](OCCCCC1Cc2ccc(Br)cc2C1)(c1ccccc1)c1ccccc1. The van der Waals surface area contributed by atoms with Gasteiger partial charge in [-0.05, 0) is 70.3 Å². The van der Waals surface area contributed by atoms with Crippen molar-refractivity contribution in [1.29, 1.82) is 0 Å². The van der Waals surface area contributed by atoms with E-state index in [4.69, 9.17) is 4.43 Å². The van der Waals surface area contributed by atoms with Crippen LogP contribution in [0.25, 0.3) is 0 Å². The van der Waals surface area contributed by atoms with Gasteiger partial charge in [-0.2, -0.15) is 0 Å². The zero-order valence-corrected chi connectivity index (χ0v) is 22.2. The number of benzene rings is 3. The number of rotatable bonds is 8. The average molecular weight is 508 g/mol. The Balaban J connectivity index is 1.43. The van der Waals surface area contributed by atoms with Gasteiger partial charge in [0.05, 0.1) is 0 Å². The van der Waals surface area contributed by atoms with Crippen molar-refractivity contribution in [3.63, 3.8) is 0 Å². The summed E-state index contributed by atoms with van der Waals surface area (Å²) in [7, 11) is -2.39. The first-order valence-electron chi connectivity index (χ1n) is 11.9. The van der Waals surface area contributed by atoms with Crippen LogP contribution < -0.4 is 10.4 Å². The fourth-order valence-corrected chi connectivity index (χ4v) is 10.4. The van der Waals surface area contributed by atoms with Gasteiger partial charge in [-0.1, -0.05) is 110 Å². The van der Waals surface area contributed by atoms with Crippen LogP contribution in [-0.4, -0.2) is 14.9 Å². The van der Waals surface area contributed by atoms with Gasteiger partial charge in [-0.3, -0.25) is 0 Å². The van der Waals surface area contributed by atoms with Gasteiger partial charge in [0.15, 0.2) is 0 Å². The zero-order valence-electron chi connectivity index (χ0n) is 19.6. The molecule has 0 fully saturated rings. The van der Waals surface area contributed by atoms with Crippen molar-refractivity contribution in [2.75, 3.05) is 6.61 Å². The molecule has 0 aliphatic heterocycles. The van der Waals surface area contributed by atoms with E-state index >= 15 is 0 Å². The molecule has 0 heterocycles. The third kappa shape index (κ3) is 4.95. The van der Waals surface area contributed by atoms with Crippen LogP contribution >= 0.6 is 15.9 Å². The third-order valence-corrected chi connectivity index (χ3v) is 12.5. The summed E-state index contributed by atoms with van der Waals surface area (Å²) in [6, 6.07) is 28.7. The molecule has 3 aromatic carbocycles. The van der Waals surface area contributed by atoms with E-state index in [1.807, 2.05) is 0 Å². The second kappa shape index (κ2) is 10.1. The Labute approximate surface area is 203 Å². The number of fused-ring (bicyclic) bond motifs is 1. The highest BCUT2D eigenvalue weighted by Crippen LogP contribution is 2.37. The zero-order chi connectivity index (χ0) is 22.6. The van der Waals surface area contributed by atoms with Crippen LogP contribution in [0.3, 0.4) is 0 Å². The molecule has 1 nitrogen and oxygen atoms in total. The summed E-state index contributed by atoms with van der Waals surface area (Å²) in [5.41, 5.74) is 3.08. The van der Waals surface area contributed by atoms with Gasteiger partial charge in [0, 0.05) is 11.1 Å². The van der Waals surface area contributed by atoms with Gasteiger partial charge in [0.2, 0.25) is 0 Å². The van der Waals surface area contributed by atoms with E-state index in [0.29, 0.717) is 0 Å². The van der Waals surface area contributed by atoms with E-state index < -0.39 is 8.32 Å². The molecule has 1 atom stereocenters. The Morgan fingerprint density at radius 1 is 0.812 bits per heavy atom. The second-order valence-corrected chi connectivity index (χ2v) is 15.4. The summed E-state index contributed by atoms with van der Waals surface area (Å²) in [5, 5.41) is 2.79. The maximum Gasteiger partial charge on any atom is 0.261 e. The summed E-state index contributed by atoms with van der Waals surface area (Å²) >= 11 is 3.62. The quantitative estimate of drug-likeness (QED) is 0.238. The highest BCUT2D eigenvalue weighted by molar-refractivity contribution is 9.10. The van der Waals surface area contributed by atoms with Gasteiger partial charge < -0.3 is 4.43 Å². The summed E-state index contributed by atoms with van der Waals surface area (Å²) in [6.45, 7) is 7.89. The topological polar surface area (TPSA) is 9.23 Å². The standard InChI is InChI=1S/C29H35BrOSi/c1-29(2,3)32(27-13-6-4-7-14-27,28-15-8-5-9-16-28)31-19-11-10-12-23-20-24-17-18-26(30)22-25(24)21-23/h4-9,13-18,22-23H,10-12,19-21H2,1-3H3. The van der Waals surface area contributed by atoms with Gasteiger partial charge in [-0.25, -0.2) is 0 Å². The fraction of sp³-hybridized carbons (Fsp3) is 0.379. The van der Waals surface area contributed by atoms with Crippen molar-refractivity contribution in [2.45, 2.75) is 57.9 Å². The van der Waals surface area contributed by atoms with E-state index in [2.05, 4.69) is 116 Å². The predicted molar refractivity (Wildman–Crippen MR) is 142 cm³/mol. The van der Waals surface area contributed by atoms with Crippen molar-refractivity contribution in [1.82, 2.24) is 0 Å². The minimum Gasteiger partial charge on any atom is -0.407 e. The molecular weight excluding hydrogens is 472 g/mol. The van der Waals surface area contributed by atoms with Crippen LogP contribution in [0.4, 0.5) is 0 Å². The first-order valence-corrected chi connectivity index (χ1v) is 14.6. The van der Waals surface area contributed by atoms with Crippen LogP contribution in [0.15, 0.2) is 83.3 Å². The van der Waals surface area contributed by atoms with Gasteiger partial charge in [-0.15, -0.1) is 0 Å². The first kappa shape index (κ1) is 23.5. The molecule has 0 aromatic heterocycles. The molecule has 0 spiro atoms. The Hall–Kier alpha value is -1.68. The molecule has 1 aliphatic carbocycles. The Morgan fingerprint density at radius 3 is 2.00 bits per heavy atom. The monoisotopic (exact) mass is 506 g/mol. The molecule has 0 N–H and O–H groups in total. The predicted octanol–water partition coefficient (Wildman–Crippen LogP) is 6.91.